The molecule has 5 nitrogen and oxygen atoms in total. The third kappa shape index (κ3) is 1.94. The Bertz CT molecular complexity index is 799. The highest BCUT2D eigenvalue weighted by molar-refractivity contribution is 5.62. The quantitative estimate of drug-likeness (QED) is 0.937. The second-order valence-electron chi connectivity index (χ2n) is 6.13. The number of benzene rings is 2. The third-order valence-electron chi connectivity index (χ3n) is 5.15. The highest BCUT2D eigenvalue weighted by atomic mass is 16.5. The molecule has 0 amide bonds. The Morgan fingerprint density at radius 3 is 2.33 bits per heavy atom. The number of methoxy groups -OCH3 is 3. The molecule has 0 aromatic heterocycles. The van der Waals surface area contributed by atoms with E-state index in [9.17, 15) is 5.11 Å². The number of fused-ring (bicyclic) bond motifs is 5. The van der Waals surface area contributed by atoms with Crippen molar-refractivity contribution in [2.24, 2.45) is 0 Å². The molecule has 5 heteroatoms. The first-order chi connectivity index (χ1) is 11.7. The summed E-state index contributed by atoms with van der Waals surface area (Å²) in [7, 11) is 4.85. The number of ether oxygens (including phenoxy) is 4. The lowest BCUT2D eigenvalue weighted by atomic mass is 9.84. The van der Waals surface area contributed by atoms with Crippen molar-refractivity contribution in [3.05, 3.63) is 41.0 Å². The fraction of sp³-hybridized carbons (Fsp3) is 0.368. The number of phenolic OH excluding ortho intramolecular Hbond substituents is 1. The number of hydrogen-bond acceptors (Lipinski definition) is 5. The first-order valence-corrected chi connectivity index (χ1v) is 7.96. The molecule has 0 spiro atoms. The molecule has 2 aromatic carbocycles. The van der Waals surface area contributed by atoms with Gasteiger partial charge in [-0.05, 0) is 24.1 Å². The van der Waals surface area contributed by atoms with Crippen LogP contribution in [0, 0.1) is 0 Å². The minimum absolute atomic E-state index is 0.0777. The standard InChI is InChI=1S/C19H20O5/c1-21-15-6-5-11-12-8-13-10(4-7-16(22-2)18(13)23-3)14(12)9-24-19(11)17(15)20/h4-7,12,14,20H,8-9H2,1-3H3. The molecule has 0 saturated heterocycles. The van der Waals surface area contributed by atoms with Gasteiger partial charge in [0.15, 0.2) is 23.0 Å². The van der Waals surface area contributed by atoms with Gasteiger partial charge in [-0.15, -0.1) is 0 Å². The van der Waals surface area contributed by atoms with Crippen LogP contribution in [0.15, 0.2) is 24.3 Å². The van der Waals surface area contributed by atoms with Crippen molar-refractivity contribution in [3.8, 4) is 28.7 Å². The normalized spacial score (nSPS) is 20.5. The molecule has 0 bridgehead atoms. The summed E-state index contributed by atoms with van der Waals surface area (Å²) in [5, 5.41) is 10.4. The summed E-state index contributed by atoms with van der Waals surface area (Å²) in [5.41, 5.74) is 3.42. The van der Waals surface area contributed by atoms with Gasteiger partial charge in [0.2, 0.25) is 5.75 Å². The molecule has 1 aliphatic heterocycles. The Morgan fingerprint density at radius 1 is 0.917 bits per heavy atom. The Labute approximate surface area is 140 Å². The van der Waals surface area contributed by atoms with E-state index in [1.54, 1.807) is 20.3 Å². The lowest BCUT2D eigenvalue weighted by Crippen LogP contribution is -2.21. The van der Waals surface area contributed by atoms with Crippen molar-refractivity contribution >= 4 is 0 Å². The molecule has 4 rings (SSSR count). The van der Waals surface area contributed by atoms with Crippen LogP contribution in [0.1, 0.15) is 28.5 Å². The molecule has 1 N–H and O–H groups in total. The molecular formula is C19H20O5. The average Bonchev–Trinajstić information content (AvgIpc) is 3.00. The summed E-state index contributed by atoms with van der Waals surface area (Å²) < 4.78 is 22.1. The zero-order valence-electron chi connectivity index (χ0n) is 14.0. The third-order valence-corrected chi connectivity index (χ3v) is 5.15. The van der Waals surface area contributed by atoms with Crippen molar-refractivity contribution in [3.63, 3.8) is 0 Å². The summed E-state index contributed by atoms with van der Waals surface area (Å²) in [4.78, 5) is 0. The number of phenols is 1. The van der Waals surface area contributed by atoms with E-state index in [-0.39, 0.29) is 17.6 Å². The van der Waals surface area contributed by atoms with Crippen molar-refractivity contribution in [2.45, 2.75) is 18.3 Å². The van der Waals surface area contributed by atoms with E-state index in [0.717, 1.165) is 23.5 Å². The van der Waals surface area contributed by atoms with Crippen molar-refractivity contribution < 1.29 is 24.1 Å². The van der Waals surface area contributed by atoms with E-state index < -0.39 is 0 Å². The van der Waals surface area contributed by atoms with Crippen molar-refractivity contribution in [1.82, 2.24) is 0 Å². The second-order valence-corrected chi connectivity index (χ2v) is 6.13. The van der Waals surface area contributed by atoms with Gasteiger partial charge in [0.25, 0.3) is 0 Å². The lowest BCUT2D eigenvalue weighted by molar-refractivity contribution is 0.231. The summed E-state index contributed by atoms with van der Waals surface area (Å²) in [6, 6.07) is 7.82. The lowest BCUT2D eigenvalue weighted by Gasteiger charge is -2.30. The van der Waals surface area contributed by atoms with E-state index in [4.69, 9.17) is 18.9 Å². The van der Waals surface area contributed by atoms with Crippen LogP contribution in [-0.2, 0) is 6.42 Å². The maximum atomic E-state index is 10.4. The topological polar surface area (TPSA) is 57.2 Å². The molecule has 0 saturated carbocycles. The predicted molar refractivity (Wildman–Crippen MR) is 88.9 cm³/mol. The Morgan fingerprint density at radius 2 is 1.62 bits per heavy atom. The zero-order chi connectivity index (χ0) is 16.8. The Kier molecular flexibility index (Phi) is 3.44. The molecule has 0 radical (unpaired) electrons. The summed E-state index contributed by atoms with van der Waals surface area (Å²) in [6.45, 7) is 0.529. The summed E-state index contributed by atoms with van der Waals surface area (Å²) in [6.07, 6.45) is 0.836. The molecular weight excluding hydrogens is 308 g/mol. The minimum atomic E-state index is 0.0777. The van der Waals surface area contributed by atoms with Crippen molar-refractivity contribution in [1.29, 1.82) is 0 Å². The van der Waals surface area contributed by atoms with Crippen LogP contribution < -0.4 is 18.9 Å². The molecule has 2 unspecified atom stereocenters. The van der Waals surface area contributed by atoms with Crippen LogP contribution in [0.25, 0.3) is 0 Å². The molecule has 2 aliphatic rings. The van der Waals surface area contributed by atoms with Gasteiger partial charge >= 0.3 is 0 Å². The number of rotatable bonds is 3. The number of aromatic hydroxyl groups is 1. The van der Waals surface area contributed by atoms with Gasteiger partial charge in [0, 0.05) is 23.0 Å². The summed E-state index contributed by atoms with van der Waals surface area (Å²) in [5.74, 6) is 3.09. The molecule has 2 atom stereocenters. The van der Waals surface area contributed by atoms with Crippen LogP contribution in [0.3, 0.4) is 0 Å². The van der Waals surface area contributed by atoms with Gasteiger partial charge < -0.3 is 24.1 Å². The van der Waals surface area contributed by atoms with E-state index in [0.29, 0.717) is 18.1 Å². The van der Waals surface area contributed by atoms with E-state index in [1.807, 2.05) is 12.1 Å². The van der Waals surface area contributed by atoms with E-state index >= 15 is 0 Å². The molecule has 24 heavy (non-hydrogen) atoms. The highest BCUT2D eigenvalue weighted by Crippen LogP contribution is 2.56. The second kappa shape index (κ2) is 5.51. The first-order valence-electron chi connectivity index (χ1n) is 7.96. The van der Waals surface area contributed by atoms with Crippen molar-refractivity contribution in [2.75, 3.05) is 27.9 Å². The number of hydrogen-bond donors (Lipinski definition) is 1. The van der Waals surface area contributed by atoms with Gasteiger partial charge in [-0.2, -0.15) is 0 Å². The fourth-order valence-corrected chi connectivity index (χ4v) is 4.03. The predicted octanol–water partition coefficient (Wildman–Crippen LogP) is 3.23. The molecule has 0 fully saturated rings. The van der Waals surface area contributed by atoms with E-state index in [1.165, 1.54) is 18.2 Å². The minimum Gasteiger partial charge on any atom is -0.502 e. The van der Waals surface area contributed by atoms with Gasteiger partial charge in [0.1, 0.15) is 0 Å². The molecule has 1 aliphatic carbocycles. The smallest absolute Gasteiger partial charge is 0.201 e. The first kappa shape index (κ1) is 15.0. The fourth-order valence-electron chi connectivity index (χ4n) is 4.03. The zero-order valence-corrected chi connectivity index (χ0v) is 14.0. The van der Waals surface area contributed by atoms with Gasteiger partial charge in [-0.1, -0.05) is 12.1 Å². The maximum absolute atomic E-state index is 10.4. The van der Waals surface area contributed by atoms with Crippen LogP contribution in [0.2, 0.25) is 0 Å². The maximum Gasteiger partial charge on any atom is 0.201 e. The van der Waals surface area contributed by atoms with Gasteiger partial charge in [-0.25, -0.2) is 0 Å². The molecule has 2 aromatic rings. The SMILES string of the molecule is COc1ccc2c(c1O)OCC1c3ccc(OC)c(OC)c3CC21. The van der Waals surface area contributed by atoms with Crippen LogP contribution in [-0.4, -0.2) is 33.0 Å². The summed E-state index contributed by atoms with van der Waals surface area (Å²) >= 11 is 0. The van der Waals surface area contributed by atoms with E-state index in [2.05, 4.69) is 6.07 Å². The Hall–Kier alpha value is -2.56. The van der Waals surface area contributed by atoms with Crippen LogP contribution >= 0.6 is 0 Å². The largest absolute Gasteiger partial charge is 0.502 e. The monoisotopic (exact) mass is 328 g/mol. The highest BCUT2D eigenvalue weighted by Gasteiger charge is 2.41. The van der Waals surface area contributed by atoms with Crippen LogP contribution in [0.5, 0.6) is 28.7 Å². The van der Waals surface area contributed by atoms with Gasteiger partial charge in [-0.3, -0.25) is 0 Å². The van der Waals surface area contributed by atoms with Crippen LogP contribution in [0.4, 0.5) is 0 Å². The molecule has 126 valence electrons. The van der Waals surface area contributed by atoms with Gasteiger partial charge in [0.05, 0.1) is 27.9 Å². The Balaban J connectivity index is 1.81. The molecule has 1 heterocycles. The average molecular weight is 328 g/mol.